The fourth-order valence-corrected chi connectivity index (χ4v) is 3.05. The Kier molecular flexibility index (Phi) is 3.90. The van der Waals surface area contributed by atoms with Crippen LogP contribution in [0.1, 0.15) is 33.1 Å². The first-order valence-corrected chi connectivity index (χ1v) is 6.94. The zero-order valence-electron chi connectivity index (χ0n) is 11.3. The van der Waals surface area contributed by atoms with E-state index in [-0.39, 0.29) is 23.3 Å². The summed E-state index contributed by atoms with van der Waals surface area (Å²) in [6, 6.07) is -0.282. The summed E-state index contributed by atoms with van der Waals surface area (Å²) in [7, 11) is 0. The van der Waals surface area contributed by atoms with Crippen molar-refractivity contribution in [1.82, 2.24) is 15.5 Å². The molecule has 18 heavy (non-hydrogen) atoms. The summed E-state index contributed by atoms with van der Waals surface area (Å²) in [5.41, 5.74) is -0.287. The third-order valence-electron chi connectivity index (χ3n) is 4.35. The summed E-state index contributed by atoms with van der Waals surface area (Å²) in [6.07, 6.45) is 2.41. The molecule has 2 fully saturated rings. The second-order valence-corrected chi connectivity index (χ2v) is 5.27. The Hall–Kier alpha value is -1.10. The SMILES string of the molecule is CCC1C(=O)NCCN1C(=O)C1(CC)CCNC1. The molecule has 2 unspecified atom stereocenters. The second kappa shape index (κ2) is 5.26. The van der Waals surface area contributed by atoms with Crippen LogP contribution in [0.5, 0.6) is 0 Å². The summed E-state index contributed by atoms with van der Waals surface area (Å²) in [5, 5.41) is 6.12. The van der Waals surface area contributed by atoms with Gasteiger partial charge in [-0.15, -0.1) is 0 Å². The molecular formula is C13H23N3O2. The van der Waals surface area contributed by atoms with Crippen LogP contribution in [-0.4, -0.2) is 48.9 Å². The average molecular weight is 253 g/mol. The predicted molar refractivity (Wildman–Crippen MR) is 69.0 cm³/mol. The summed E-state index contributed by atoms with van der Waals surface area (Å²) in [6.45, 7) is 6.89. The van der Waals surface area contributed by atoms with E-state index in [0.29, 0.717) is 19.5 Å². The van der Waals surface area contributed by atoms with Crippen molar-refractivity contribution in [3.8, 4) is 0 Å². The minimum atomic E-state index is -0.287. The van der Waals surface area contributed by atoms with Crippen LogP contribution in [-0.2, 0) is 9.59 Å². The topological polar surface area (TPSA) is 61.4 Å². The fourth-order valence-electron chi connectivity index (χ4n) is 3.05. The molecule has 2 amide bonds. The van der Waals surface area contributed by atoms with Gasteiger partial charge in [0.05, 0.1) is 5.41 Å². The standard InChI is InChI=1S/C13H23N3O2/c1-3-10-11(17)15-7-8-16(10)12(18)13(4-2)5-6-14-9-13/h10,14H,3-9H2,1-2H3,(H,15,17). The molecule has 0 bridgehead atoms. The van der Waals surface area contributed by atoms with Gasteiger partial charge in [-0.25, -0.2) is 0 Å². The van der Waals surface area contributed by atoms with Crippen molar-refractivity contribution < 1.29 is 9.59 Å². The number of hydrogen-bond acceptors (Lipinski definition) is 3. The van der Waals surface area contributed by atoms with Crippen molar-refractivity contribution in [2.75, 3.05) is 26.2 Å². The summed E-state index contributed by atoms with van der Waals surface area (Å²) >= 11 is 0. The molecule has 0 aliphatic carbocycles. The Labute approximate surface area is 108 Å². The Balaban J connectivity index is 2.18. The smallest absolute Gasteiger partial charge is 0.242 e. The molecular weight excluding hydrogens is 230 g/mol. The molecule has 2 N–H and O–H groups in total. The fraction of sp³-hybridized carbons (Fsp3) is 0.846. The first-order chi connectivity index (χ1) is 8.64. The van der Waals surface area contributed by atoms with E-state index in [1.165, 1.54) is 0 Å². The molecule has 0 aromatic heterocycles. The number of piperazine rings is 1. The zero-order chi connectivity index (χ0) is 13.2. The second-order valence-electron chi connectivity index (χ2n) is 5.27. The number of amides is 2. The van der Waals surface area contributed by atoms with Gasteiger partial charge in [-0.2, -0.15) is 0 Å². The monoisotopic (exact) mass is 253 g/mol. The molecule has 0 aromatic rings. The quantitative estimate of drug-likeness (QED) is 0.750. The summed E-state index contributed by atoms with van der Waals surface area (Å²) < 4.78 is 0. The number of carbonyl (C=O) groups is 2. The number of carbonyl (C=O) groups excluding carboxylic acids is 2. The van der Waals surface area contributed by atoms with E-state index in [4.69, 9.17) is 0 Å². The lowest BCUT2D eigenvalue weighted by atomic mass is 9.82. The van der Waals surface area contributed by atoms with Crippen LogP contribution in [0.2, 0.25) is 0 Å². The first-order valence-electron chi connectivity index (χ1n) is 6.94. The van der Waals surface area contributed by atoms with Gasteiger partial charge in [0.1, 0.15) is 6.04 Å². The molecule has 2 heterocycles. The number of hydrogen-bond donors (Lipinski definition) is 2. The highest BCUT2D eigenvalue weighted by atomic mass is 16.2. The van der Waals surface area contributed by atoms with E-state index >= 15 is 0 Å². The maximum absolute atomic E-state index is 12.8. The normalized spacial score (nSPS) is 32.4. The van der Waals surface area contributed by atoms with Crippen LogP contribution in [0, 0.1) is 5.41 Å². The number of nitrogens with one attached hydrogen (secondary N) is 2. The Bertz CT molecular complexity index is 337. The highest BCUT2D eigenvalue weighted by molar-refractivity contribution is 5.91. The van der Waals surface area contributed by atoms with Gasteiger partial charge in [0.15, 0.2) is 0 Å². The van der Waals surface area contributed by atoms with Gasteiger partial charge in [-0.3, -0.25) is 9.59 Å². The van der Waals surface area contributed by atoms with Crippen molar-refractivity contribution in [2.24, 2.45) is 5.41 Å². The molecule has 5 heteroatoms. The van der Waals surface area contributed by atoms with Crippen LogP contribution in [0.25, 0.3) is 0 Å². The van der Waals surface area contributed by atoms with E-state index in [9.17, 15) is 9.59 Å². The van der Waals surface area contributed by atoms with E-state index in [1.54, 1.807) is 4.90 Å². The van der Waals surface area contributed by atoms with Gasteiger partial charge in [0, 0.05) is 19.6 Å². The molecule has 0 spiro atoms. The molecule has 102 valence electrons. The Morgan fingerprint density at radius 1 is 1.44 bits per heavy atom. The van der Waals surface area contributed by atoms with Gasteiger partial charge in [-0.05, 0) is 25.8 Å². The molecule has 2 saturated heterocycles. The third-order valence-corrected chi connectivity index (χ3v) is 4.35. The van der Waals surface area contributed by atoms with Gasteiger partial charge in [0.25, 0.3) is 0 Å². The van der Waals surface area contributed by atoms with Crippen molar-refractivity contribution in [2.45, 2.75) is 39.2 Å². The van der Waals surface area contributed by atoms with Crippen molar-refractivity contribution in [1.29, 1.82) is 0 Å². The van der Waals surface area contributed by atoms with Crippen LogP contribution in [0.15, 0.2) is 0 Å². The van der Waals surface area contributed by atoms with E-state index in [1.807, 2.05) is 6.92 Å². The lowest BCUT2D eigenvalue weighted by Gasteiger charge is -2.40. The van der Waals surface area contributed by atoms with Crippen molar-refractivity contribution in [3.63, 3.8) is 0 Å². The van der Waals surface area contributed by atoms with E-state index < -0.39 is 0 Å². The van der Waals surface area contributed by atoms with Crippen LogP contribution < -0.4 is 10.6 Å². The van der Waals surface area contributed by atoms with E-state index in [0.717, 1.165) is 25.9 Å². The van der Waals surface area contributed by atoms with Gasteiger partial charge in [-0.1, -0.05) is 13.8 Å². The molecule has 2 atom stereocenters. The maximum Gasteiger partial charge on any atom is 0.242 e. The van der Waals surface area contributed by atoms with Gasteiger partial charge < -0.3 is 15.5 Å². The molecule has 2 aliphatic rings. The van der Waals surface area contributed by atoms with Gasteiger partial charge >= 0.3 is 0 Å². The molecule has 0 aromatic carbocycles. The Morgan fingerprint density at radius 2 is 2.22 bits per heavy atom. The Morgan fingerprint density at radius 3 is 2.78 bits per heavy atom. The maximum atomic E-state index is 12.8. The largest absolute Gasteiger partial charge is 0.353 e. The molecule has 0 radical (unpaired) electrons. The minimum absolute atomic E-state index is 0.00527. The average Bonchev–Trinajstić information content (AvgIpc) is 2.87. The lowest BCUT2D eigenvalue weighted by molar-refractivity contribution is -0.150. The summed E-state index contributed by atoms with van der Waals surface area (Å²) in [5.74, 6) is 0.158. The highest BCUT2D eigenvalue weighted by Crippen LogP contribution is 2.33. The molecule has 5 nitrogen and oxygen atoms in total. The third kappa shape index (κ3) is 2.11. The molecule has 2 rings (SSSR count). The minimum Gasteiger partial charge on any atom is -0.353 e. The van der Waals surface area contributed by atoms with E-state index in [2.05, 4.69) is 17.6 Å². The van der Waals surface area contributed by atoms with Crippen LogP contribution in [0.3, 0.4) is 0 Å². The first kappa shape index (κ1) is 13.3. The van der Waals surface area contributed by atoms with Crippen molar-refractivity contribution >= 4 is 11.8 Å². The number of rotatable bonds is 3. The van der Waals surface area contributed by atoms with Crippen molar-refractivity contribution in [3.05, 3.63) is 0 Å². The molecule has 0 saturated carbocycles. The predicted octanol–water partition coefficient (Wildman–Crippen LogP) is 0.113. The number of nitrogens with zero attached hydrogens (tertiary/aromatic N) is 1. The molecule has 2 aliphatic heterocycles. The zero-order valence-corrected chi connectivity index (χ0v) is 11.3. The lowest BCUT2D eigenvalue weighted by Crippen LogP contribution is -2.60. The van der Waals surface area contributed by atoms with Crippen LogP contribution in [0.4, 0.5) is 0 Å². The highest BCUT2D eigenvalue weighted by Gasteiger charge is 2.45. The van der Waals surface area contributed by atoms with Gasteiger partial charge in [0.2, 0.25) is 11.8 Å². The summed E-state index contributed by atoms with van der Waals surface area (Å²) in [4.78, 5) is 26.4. The van der Waals surface area contributed by atoms with Crippen LogP contribution >= 0.6 is 0 Å².